The monoisotopic (exact) mass is 331 g/mol. The molecule has 0 spiro atoms. The van der Waals surface area contributed by atoms with Gasteiger partial charge >= 0.3 is 0 Å². The summed E-state index contributed by atoms with van der Waals surface area (Å²) in [6, 6.07) is 5.09. The molecule has 1 atom stereocenters. The van der Waals surface area contributed by atoms with Crippen LogP contribution in [-0.2, 0) is 20.9 Å². The average Bonchev–Trinajstić information content (AvgIpc) is 2.54. The number of carboxylic acid groups (broad SMARTS) is 2. The van der Waals surface area contributed by atoms with Gasteiger partial charge in [-0.05, 0) is 25.0 Å². The first kappa shape index (κ1) is 17.1. The van der Waals surface area contributed by atoms with Gasteiger partial charge in [0.2, 0.25) is 5.91 Å². The predicted molar refractivity (Wildman–Crippen MR) is 77.2 cm³/mol. The number of rotatable bonds is 7. The fraction of sp³-hybridized carbons (Fsp3) is 0.267. The van der Waals surface area contributed by atoms with Crippen molar-refractivity contribution in [1.29, 1.82) is 0 Å². The van der Waals surface area contributed by atoms with Crippen molar-refractivity contribution in [2.24, 2.45) is 0 Å². The normalized spacial score (nSPS) is 11.8. The van der Waals surface area contributed by atoms with Gasteiger partial charge in [0.05, 0.1) is 29.2 Å². The number of aliphatic carboxylic acids is 2. The fourth-order valence-corrected chi connectivity index (χ4v) is 2.12. The van der Waals surface area contributed by atoms with E-state index in [0.29, 0.717) is 10.9 Å². The molecule has 1 heterocycles. The topological polar surface area (TPSA) is 144 Å². The number of para-hydroxylation sites is 1. The van der Waals surface area contributed by atoms with Crippen molar-refractivity contribution in [1.82, 2.24) is 14.9 Å². The lowest BCUT2D eigenvalue weighted by molar-refractivity contribution is -0.310. The molecule has 0 radical (unpaired) electrons. The zero-order chi connectivity index (χ0) is 17.7. The maximum absolute atomic E-state index is 12.2. The second-order valence-electron chi connectivity index (χ2n) is 5.04. The summed E-state index contributed by atoms with van der Waals surface area (Å²) in [7, 11) is 0. The van der Waals surface area contributed by atoms with Crippen LogP contribution >= 0.6 is 0 Å². The molecule has 1 aromatic heterocycles. The summed E-state index contributed by atoms with van der Waals surface area (Å²) in [5, 5.41) is 23.7. The van der Waals surface area contributed by atoms with Crippen molar-refractivity contribution in [3.8, 4) is 0 Å². The molecule has 1 aromatic carbocycles. The Bertz CT molecular complexity index is 844. The summed E-state index contributed by atoms with van der Waals surface area (Å²) in [6.45, 7) is -0.453. The van der Waals surface area contributed by atoms with E-state index in [1.807, 2.05) is 0 Å². The highest BCUT2D eigenvalue weighted by Crippen LogP contribution is 2.04. The van der Waals surface area contributed by atoms with E-state index >= 15 is 0 Å². The number of nitrogens with one attached hydrogen (secondary N) is 1. The van der Waals surface area contributed by atoms with Crippen LogP contribution in [0.3, 0.4) is 0 Å². The van der Waals surface area contributed by atoms with Crippen LogP contribution in [0.5, 0.6) is 0 Å². The van der Waals surface area contributed by atoms with E-state index in [1.54, 1.807) is 24.3 Å². The van der Waals surface area contributed by atoms with Crippen molar-refractivity contribution >= 4 is 28.7 Å². The molecule has 2 aromatic rings. The lowest BCUT2D eigenvalue weighted by atomic mass is 10.1. The van der Waals surface area contributed by atoms with Gasteiger partial charge in [-0.15, -0.1) is 0 Å². The van der Waals surface area contributed by atoms with Crippen LogP contribution in [0.2, 0.25) is 0 Å². The molecule has 9 nitrogen and oxygen atoms in total. The Morgan fingerprint density at radius 1 is 1.21 bits per heavy atom. The van der Waals surface area contributed by atoms with E-state index in [2.05, 4.69) is 10.3 Å². The Morgan fingerprint density at radius 3 is 2.58 bits per heavy atom. The van der Waals surface area contributed by atoms with Gasteiger partial charge in [-0.25, -0.2) is 4.98 Å². The largest absolute Gasteiger partial charge is 0.550 e. The van der Waals surface area contributed by atoms with Crippen molar-refractivity contribution in [2.45, 2.75) is 25.4 Å². The van der Waals surface area contributed by atoms with Crippen LogP contribution in [0.25, 0.3) is 10.9 Å². The molecule has 0 fully saturated rings. The second-order valence-corrected chi connectivity index (χ2v) is 5.04. The number of hydrogen-bond acceptors (Lipinski definition) is 7. The smallest absolute Gasteiger partial charge is 0.261 e. The quantitative estimate of drug-likeness (QED) is 0.575. The van der Waals surface area contributed by atoms with Crippen molar-refractivity contribution in [2.75, 3.05) is 0 Å². The molecular weight excluding hydrogens is 318 g/mol. The van der Waals surface area contributed by atoms with E-state index in [9.17, 15) is 29.4 Å². The Balaban J connectivity index is 2.11. The molecule has 9 heteroatoms. The second kappa shape index (κ2) is 7.36. The molecule has 1 amide bonds. The summed E-state index contributed by atoms with van der Waals surface area (Å²) in [4.78, 5) is 49.5. The molecule has 0 unspecified atom stereocenters. The van der Waals surface area contributed by atoms with Crippen LogP contribution in [0.4, 0.5) is 0 Å². The lowest BCUT2D eigenvalue weighted by Crippen LogP contribution is -2.49. The number of benzene rings is 1. The minimum absolute atomic E-state index is 0.321. The fourth-order valence-electron chi connectivity index (χ4n) is 2.12. The highest BCUT2D eigenvalue weighted by atomic mass is 16.4. The van der Waals surface area contributed by atoms with Gasteiger partial charge in [0.1, 0.15) is 6.54 Å². The number of nitrogens with zero attached hydrogens (tertiary/aromatic N) is 2. The van der Waals surface area contributed by atoms with Crippen LogP contribution < -0.4 is 21.1 Å². The van der Waals surface area contributed by atoms with E-state index in [0.717, 1.165) is 4.57 Å². The number of hydrogen-bond donors (Lipinski definition) is 1. The third-order valence-corrected chi connectivity index (χ3v) is 3.30. The number of amides is 1. The molecule has 24 heavy (non-hydrogen) atoms. The predicted octanol–water partition coefficient (Wildman–Crippen LogP) is -2.84. The number of aromatic nitrogens is 2. The van der Waals surface area contributed by atoms with E-state index in [-0.39, 0.29) is 6.42 Å². The molecule has 0 aliphatic carbocycles. The van der Waals surface area contributed by atoms with E-state index in [4.69, 9.17) is 0 Å². The molecule has 126 valence electrons. The zero-order valence-electron chi connectivity index (χ0n) is 12.4. The van der Waals surface area contributed by atoms with Gasteiger partial charge in [0.15, 0.2) is 0 Å². The van der Waals surface area contributed by atoms with Crippen LogP contribution in [0.1, 0.15) is 12.8 Å². The van der Waals surface area contributed by atoms with Crippen molar-refractivity contribution in [3.05, 3.63) is 40.9 Å². The summed E-state index contributed by atoms with van der Waals surface area (Å²) >= 11 is 0. The van der Waals surface area contributed by atoms with Gasteiger partial charge in [0.25, 0.3) is 5.56 Å². The number of carbonyl (C=O) groups excluding carboxylic acids is 3. The Morgan fingerprint density at radius 2 is 1.92 bits per heavy atom. The first-order valence-electron chi connectivity index (χ1n) is 7.02. The van der Waals surface area contributed by atoms with E-state index in [1.165, 1.54) is 6.33 Å². The van der Waals surface area contributed by atoms with Crippen LogP contribution in [0.15, 0.2) is 35.4 Å². The minimum Gasteiger partial charge on any atom is -0.550 e. The summed E-state index contributed by atoms with van der Waals surface area (Å²) in [5.41, 5.74) is 0.0243. The Labute approximate surface area is 135 Å². The number of carbonyl (C=O) groups is 3. The summed E-state index contributed by atoms with van der Waals surface area (Å²) in [6.07, 6.45) is 0.261. The number of carboxylic acids is 2. The molecule has 0 bridgehead atoms. The summed E-state index contributed by atoms with van der Waals surface area (Å²) < 4.78 is 1.03. The maximum atomic E-state index is 12.2. The maximum Gasteiger partial charge on any atom is 0.261 e. The van der Waals surface area contributed by atoms with E-state index < -0.39 is 42.4 Å². The van der Waals surface area contributed by atoms with Crippen molar-refractivity contribution < 1.29 is 24.6 Å². The number of fused-ring (bicyclic) bond motifs is 1. The standard InChI is InChI=1S/C15H15N3O6/c19-12(17-11(15(23)24)5-6-13(20)21)7-18-8-16-10-4-2-1-3-9(10)14(18)22/h1-4,8,11H,5-7H2,(H,17,19)(H,20,21)(H,23,24)/p-2/t11-/m0/s1. The highest BCUT2D eigenvalue weighted by molar-refractivity contribution is 5.83. The molecule has 0 aliphatic rings. The molecule has 1 N–H and O–H groups in total. The van der Waals surface area contributed by atoms with Crippen LogP contribution in [0, 0.1) is 0 Å². The Hall–Kier alpha value is -3.23. The lowest BCUT2D eigenvalue weighted by Gasteiger charge is -2.20. The van der Waals surface area contributed by atoms with Gasteiger partial charge in [-0.3, -0.25) is 14.2 Å². The third-order valence-electron chi connectivity index (χ3n) is 3.30. The molecular formula is C15H13N3O6-2. The van der Waals surface area contributed by atoms with Gasteiger partial charge in [-0.2, -0.15) is 0 Å². The SMILES string of the molecule is O=C([O-])CC[C@H](NC(=O)Cn1cnc2ccccc2c1=O)C(=O)[O-]. The molecule has 0 saturated heterocycles. The van der Waals surface area contributed by atoms with Gasteiger partial charge < -0.3 is 25.1 Å². The summed E-state index contributed by atoms with van der Waals surface area (Å²) in [5.74, 6) is -3.83. The third kappa shape index (κ3) is 4.15. The van der Waals surface area contributed by atoms with Gasteiger partial charge in [-0.1, -0.05) is 12.1 Å². The van der Waals surface area contributed by atoms with Crippen LogP contribution in [-0.4, -0.2) is 33.4 Å². The Kier molecular flexibility index (Phi) is 5.25. The first-order valence-corrected chi connectivity index (χ1v) is 7.02. The first-order chi connectivity index (χ1) is 11.4. The van der Waals surface area contributed by atoms with Gasteiger partial charge in [0, 0.05) is 5.97 Å². The molecule has 0 aliphatic heterocycles. The zero-order valence-corrected chi connectivity index (χ0v) is 12.4. The minimum atomic E-state index is -1.62. The average molecular weight is 331 g/mol. The molecule has 2 rings (SSSR count). The van der Waals surface area contributed by atoms with Crippen molar-refractivity contribution in [3.63, 3.8) is 0 Å². The highest BCUT2D eigenvalue weighted by Gasteiger charge is 2.15. The molecule has 0 saturated carbocycles.